The molecular weight excluding hydrogens is 410 g/mol. The van der Waals surface area contributed by atoms with E-state index < -0.39 is 11.5 Å². The van der Waals surface area contributed by atoms with Crippen molar-refractivity contribution in [3.8, 4) is 11.5 Å². The molecule has 0 bridgehead atoms. The SMILES string of the molecule is COc1ccc(OC)c(CNC(=O)c2cnc3sc(N4CCOCC4)nn3c2=O)c1. The molecule has 1 fully saturated rings. The minimum atomic E-state index is -0.535. The molecule has 2 aromatic heterocycles. The molecule has 4 rings (SSSR count). The van der Waals surface area contributed by atoms with Crippen LogP contribution in [0.15, 0.2) is 29.2 Å². The first-order valence-corrected chi connectivity index (χ1v) is 10.1. The lowest BCUT2D eigenvalue weighted by Gasteiger charge is -2.25. The predicted molar refractivity (Wildman–Crippen MR) is 111 cm³/mol. The molecular formula is C19H21N5O5S. The normalized spacial score (nSPS) is 14.0. The van der Waals surface area contributed by atoms with Crippen molar-refractivity contribution >= 4 is 27.3 Å². The van der Waals surface area contributed by atoms with E-state index in [1.54, 1.807) is 32.4 Å². The fraction of sp³-hybridized carbons (Fsp3) is 0.368. The number of benzene rings is 1. The molecule has 10 nitrogen and oxygen atoms in total. The molecule has 1 saturated heterocycles. The third kappa shape index (κ3) is 3.94. The third-order valence-electron chi connectivity index (χ3n) is 4.73. The number of amides is 1. The minimum absolute atomic E-state index is 0.0757. The first-order valence-electron chi connectivity index (χ1n) is 9.31. The van der Waals surface area contributed by atoms with E-state index in [4.69, 9.17) is 14.2 Å². The Balaban J connectivity index is 1.55. The summed E-state index contributed by atoms with van der Waals surface area (Å²) in [5, 5.41) is 7.78. The number of carbonyl (C=O) groups is 1. The number of morpholine rings is 1. The Morgan fingerprint density at radius 2 is 2.07 bits per heavy atom. The van der Waals surface area contributed by atoms with Gasteiger partial charge in [0.1, 0.15) is 17.1 Å². The van der Waals surface area contributed by atoms with Crippen LogP contribution in [0.5, 0.6) is 11.5 Å². The van der Waals surface area contributed by atoms with Gasteiger partial charge in [-0.25, -0.2) is 4.98 Å². The Morgan fingerprint density at radius 3 is 2.80 bits per heavy atom. The number of carbonyl (C=O) groups excluding carboxylic acids is 1. The molecule has 0 saturated carbocycles. The maximum Gasteiger partial charge on any atom is 0.288 e. The van der Waals surface area contributed by atoms with Gasteiger partial charge in [-0.3, -0.25) is 9.59 Å². The Morgan fingerprint density at radius 1 is 1.27 bits per heavy atom. The molecule has 3 heterocycles. The van der Waals surface area contributed by atoms with E-state index in [9.17, 15) is 9.59 Å². The van der Waals surface area contributed by atoms with Crippen LogP contribution in [0.4, 0.5) is 5.13 Å². The van der Waals surface area contributed by atoms with Gasteiger partial charge in [-0.1, -0.05) is 11.3 Å². The van der Waals surface area contributed by atoms with Gasteiger partial charge in [0.05, 0.1) is 27.4 Å². The third-order valence-corrected chi connectivity index (χ3v) is 5.71. The predicted octanol–water partition coefficient (Wildman–Crippen LogP) is 0.935. The van der Waals surface area contributed by atoms with Crippen LogP contribution in [-0.4, -0.2) is 61.0 Å². The van der Waals surface area contributed by atoms with Crippen molar-refractivity contribution in [3.63, 3.8) is 0 Å². The summed E-state index contributed by atoms with van der Waals surface area (Å²) >= 11 is 1.31. The van der Waals surface area contributed by atoms with Crippen LogP contribution in [0.2, 0.25) is 0 Å². The van der Waals surface area contributed by atoms with Crippen LogP contribution in [0, 0.1) is 0 Å². The fourth-order valence-corrected chi connectivity index (χ4v) is 4.02. The van der Waals surface area contributed by atoms with Gasteiger partial charge < -0.3 is 24.4 Å². The molecule has 1 amide bonds. The average Bonchev–Trinajstić information content (AvgIpc) is 3.23. The zero-order valence-corrected chi connectivity index (χ0v) is 17.4. The number of nitrogens with zero attached hydrogens (tertiary/aromatic N) is 4. The van der Waals surface area contributed by atoms with E-state index in [2.05, 4.69) is 15.4 Å². The lowest BCUT2D eigenvalue weighted by Crippen LogP contribution is -2.36. The molecule has 1 aromatic carbocycles. The second-order valence-electron chi connectivity index (χ2n) is 6.52. The number of methoxy groups -OCH3 is 2. The summed E-state index contributed by atoms with van der Waals surface area (Å²) in [5.74, 6) is 0.713. The Labute approximate surface area is 176 Å². The highest BCUT2D eigenvalue weighted by Crippen LogP contribution is 2.24. The smallest absolute Gasteiger partial charge is 0.288 e. The van der Waals surface area contributed by atoms with Crippen LogP contribution in [-0.2, 0) is 11.3 Å². The summed E-state index contributed by atoms with van der Waals surface area (Å²) in [7, 11) is 3.11. The van der Waals surface area contributed by atoms with Crippen molar-refractivity contribution in [2.75, 3.05) is 45.4 Å². The second kappa shape index (κ2) is 8.67. The molecule has 0 radical (unpaired) electrons. The monoisotopic (exact) mass is 431 g/mol. The molecule has 0 spiro atoms. The van der Waals surface area contributed by atoms with Crippen molar-refractivity contribution in [3.05, 3.63) is 45.9 Å². The summed E-state index contributed by atoms with van der Waals surface area (Å²) in [6.45, 7) is 2.78. The standard InChI is InChI=1S/C19H21N5O5S/c1-27-13-3-4-15(28-2)12(9-13)10-20-16(25)14-11-21-18-24(17(14)26)22-19(30-18)23-5-7-29-8-6-23/h3-4,9,11H,5-8,10H2,1-2H3,(H,20,25). The first-order chi connectivity index (χ1) is 14.6. The number of fused-ring (bicyclic) bond motifs is 1. The van der Waals surface area contributed by atoms with E-state index in [-0.39, 0.29) is 12.1 Å². The van der Waals surface area contributed by atoms with Gasteiger partial charge in [0.25, 0.3) is 11.5 Å². The van der Waals surface area contributed by atoms with E-state index in [0.717, 1.165) is 5.56 Å². The highest BCUT2D eigenvalue weighted by Gasteiger charge is 2.20. The second-order valence-corrected chi connectivity index (χ2v) is 7.45. The molecule has 158 valence electrons. The summed E-state index contributed by atoms with van der Waals surface area (Å²) in [6, 6.07) is 5.29. The number of hydrogen-bond donors (Lipinski definition) is 1. The van der Waals surface area contributed by atoms with Crippen molar-refractivity contribution in [2.24, 2.45) is 0 Å². The fourth-order valence-electron chi connectivity index (χ4n) is 3.11. The summed E-state index contributed by atoms with van der Waals surface area (Å²) in [5.41, 5.74) is 0.140. The van der Waals surface area contributed by atoms with Gasteiger partial charge in [-0.05, 0) is 18.2 Å². The Hall–Kier alpha value is -3.18. The van der Waals surface area contributed by atoms with E-state index in [1.165, 1.54) is 22.0 Å². The summed E-state index contributed by atoms with van der Waals surface area (Å²) in [4.78, 5) is 32.2. The van der Waals surface area contributed by atoms with E-state index in [0.29, 0.717) is 47.9 Å². The molecule has 11 heteroatoms. The van der Waals surface area contributed by atoms with Crippen molar-refractivity contribution in [2.45, 2.75) is 6.54 Å². The average molecular weight is 431 g/mol. The molecule has 0 atom stereocenters. The molecule has 0 aliphatic carbocycles. The Bertz CT molecular complexity index is 1120. The largest absolute Gasteiger partial charge is 0.497 e. The number of nitrogens with one attached hydrogen (secondary N) is 1. The lowest BCUT2D eigenvalue weighted by molar-refractivity contribution is 0.0948. The maximum atomic E-state index is 12.8. The van der Waals surface area contributed by atoms with Gasteiger partial charge >= 0.3 is 0 Å². The van der Waals surface area contributed by atoms with Crippen molar-refractivity contribution in [1.29, 1.82) is 0 Å². The number of ether oxygens (including phenoxy) is 3. The van der Waals surface area contributed by atoms with Gasteiger partial charge in [0, 0.05) is 31.4 Å². The molecule has 1 N–H and O–H groups in total. The van der Waals surface area contributed by atoms with Gasteiger partial charge in [-0.2, -0.15) is 4.52 Å². The van der Waals surface area contributed by atoms with Crippen LogP contribution < -0.4 is 25.2 Å². The van der Waals surface area contributed by atoms with E-state index in [1.807, 2.05) is 4.90 Å². The zero-order valence-electron chi connectivity index (χ0n) is 16.6. The number of anilines is 1. The van der Waals surface area contributed by atoms with E-state index >= 15 is 0 Å². The summed E-state index contributed by atoms with van der Waals surface area (Å²) in [6.07, 6.45) is 1.29. The molecule has 0 unspecified atom stereocenters. The van der Waals surface area contributed by atoms with Gasteiger partial charge in [-0.15, -0.1) is 5.10 Å². The highest BCUT2D eigenvalue weighted by molar-refractivity contribution is 7.20. The number of aromatic nitrogens is 3. The number of hydrogen-bond acceptors (Lipinski definition) is 9. The first kappa shape index (κ1) is 20.1. The number of rotatable bonds is 6. The topological polar surface area (TPSA) is 107 Å². The molecule has 30 heavy (non-hydrogen) atoms. The van der Waals surface area contributed by atoms with Gasteiger partial charge in [0.15, 0.2) is 0 Å². The van der Waals surface area contributed by atoms with Gasteiger partial charge in [0.2, 0.25) is 10.1 Å². The Kier molecular flexibility index (Phi) is 5.81. The molecule has 1 aliphatic rings. The van der Waals surface area contributed by atoms with Crippen molar-refractivity contribution in [1.82, 2.24) is 19.9 Å². The minimum Gasteiger partial charge on any atom is -0.497 e. The van der Waals surface area contributed by atoms with Crippen LogP contribution in [0.25, 0.3) is 4.96 Å². The lowest BCUT2D eigenvalue weighted by atomic mass is 10.2. The molecule has 1 aliphatic heterocycles. The zero-order chi connectivity index (χ0) is 21.1. The highest BCUT2D eigenvalue weighted by atomic mass is 32.1. The quantitative estimate of drug-likeness (QED) is 0.614. The van der Waals surface area contributed by atoms with Crippen LogP contribution in [0.1, 0.15) is 15.9 Å². The maximum absolute atomic E-state index is 12.8. The van der Waals surface area contributed by atoms with Crippen LogP contribution >= 0.6 is 11.3 Å². The van der Waals surface area contributed by atoms with Crippen molar-refractivity contribution < 1.29 is 19.0 Å². The summed E-state index contributed by atoms with van der Waals surface area (Å²) < 4.78 is 17.1. The van der Waals surface area contributed by atoms with Crippen LogP contribution in [0.3, 0.4) is 0 Å². The molecule has 3 aromatic rings.